The number of nitrogens with zero attached hydrogens (tertiary/aromatic N) is 1. The molecule has 0 saturated carbocycles. The third-order valence-electron chi connectivity index (χ3n) is 6.34. The lowest BCUT2D eigenvalue weighted by Crippen LogP contribution is -2.20. The molecule has 3 aromatic carbocycles. The van der Waals surface area contributed by atoms with Crippen LogP contribution in [-0.2, 0) is 17.6 Å². The number of ketones is 1. The highest BCUT2D eigenvalue weighted by atomic mass is 32.1. The maximum atomic E-state index is 13.0. The number of carbonyl (C=O) groups excluding carboxylic acids is 2. The van der Waals surface area contributed by atoms with E-state index in [-0.39, 0.29) is 18.1 Å². The minimum atomic E-state index is -0.422. The number of ether oxygens (including phenoxy) is 2. The normalized spacial score (nSPS) is 14.4. The Labute approximate surface area is 213 Å². The molecule has 1 atom stereocenters. The summed E-state index contributed by atoms with van der Waals surface area (Å²) in [5.41, 5.74) is 4.52. The lowest BCUT2D eigenvalue weighted by atomic mass is 10.0. The van der Waals surface area contributed by atoms with Crippen LogP contribution in [0.25, 0.3) is 11.3 Å². The van der Waals surface area contributed by atoms with Gasteiger partial charge < -0.3 is 14.8 Å². The van der Waals surface area contributed by atoms with Gasteiger partial charge in [0.25, 0.3) is 0 Å². The Morgan fingerprint density at radius 3 is 2.36 bits per heavy atom. The molecule has 0 spiro atoms. The second kappa shape index (κ2) is 10.3. The molecular formula is C29H26N2O4S. The highest BCUT2D eigenvalue weighted by molar-refractivity contribution is 7.16. The zero-order chi connectivity index (χ0) is 25.1. The fraction of sp³-hybridized carbons (Fsp3) is 0.207. The van der Waals surface area contributed by atoms with Gasteiger partial charge in [0.15, 0.2) is 22.4 Å². The van der Waals surface area contributed by atoms with Crippen LogP contribution in [0.5, 0.6) is 11.5 Å². The molecule has 0 fully saturated rings. The molecule has 36 heavy (non-hydrogen) atoms. The van der Waals surface area contributed by atoms with E-state index in [1.807, 2.05) is 54.6 Å². The average molecular weight is 499 g/mol. The van der Waals surface area contributed by atoms with Gasteiger partial charge in [-0.15, -0.1) is 11.3 Å². The van der Waals surface area contributed by atoms with E-state index in [1.54, 1.807) is 20.3 Å². The lowest BCUT2D eigenvalue weighted by molar-refractivity contribution is -0.116. The highest BCUT2D eigenvalue weighted by Crippen LogP contribution is 2.38. The second-order valence-electron chi connectivity index (χ2n) is 8.70. The molecule has 1 aliphatic carbocycles. The Balaban J connectivity index is 1.33. The fourth-order valence-corrected chi connectivity index (χ4v) is 5.62. The van der Waals surface area contributed by atoms with Crippen LogP contribution in [0.3, 0.4) is 0 Å². The summed E-state index contributed by atoms with van der Waals surface area (Å²) in [6.45, 7) is 0. The van der Waals surface area contributed by atoms with Gasteiger partial charge in [0.2, 0.25) is 5.91 Å². The summed E-state index contributed by atoms with van der Waals surface area (Å²) in [5, 5.41) is 3.48. The van der Waals surface area contributed by atoms with E-state index in [4.69, 9.17) is 14.5 Å². The first-order valence-corrected chi connectivity index (χ1v) is 12.6. The van der Waals surface area contributed by atoms with E-state index in [0.717, 1.165) is 28.1 Å². The fourth-order valence-electron chi connectivity index (χ4n) is 4.58. The summed E-state index contributed by atoms with van der Waals surface area (Å²) in [6, 6.07) is 23.7. The maximum absolute atomic E-state index is 13.0. The number of hydrogen-bond donors (Lipinski definition) is 1. The Kier molecular flexibility index (Phi) is 6.82. The number of benzene rings is 3. The van der Waals surface area contributed by atoms with Crippen LogP contribution in [-0.4, -0.2) is 30.9 Å². The van der Waals surface area contributed by atoms with Crippen LogP contribution in [0, 0.1) is 5.92 Å². The van der Waals surface area contributed by atoms with Crippen molar-refractivity contribution in [2.24, 2.45) is 5.92 Å². The smallest absolute Gasteiger partial charge is 0.226 e. The maximum Gasteiger partial charge on any atom is 0.226 e. The lowest BCUT2D eigenvalue weighted by Gasteiger charge is -2.09. The van der Waals surface area contributed by atoms with Crippen molar-refractivity contribution in [3.05, 3.63) is 94.4 Å². The molecule has 1 heterocycles. The van der Waals surface area contributed by atoms with E-state index in [9.17, 15) is 9.59 Å². The Bertz CT molecular complexity index is 1400. The molecule has 4 aromatic rings. The Morgan fingerprint density at radius 2 is 1.67 bits per heavy atom. The second-order valence-corrected chi connectivity index (χ2v) is 9.78. The van der Waals surface area contributed by atoms with E-state index < -0.39 is 5.92 Å². The summed E-state index contributed by atoms with van der Waals surface area (Å²) in [7, 11) is 3.11. The summed E-state index contributed by atoms with van der Waals surface area (Å²) in [4.78, 5) is 31.8. The summed E-state index contributed by atoms with van der Waals surface area (Å²) in [5.74, 6) is 0.400. The molecule has 1 amide bonds. The molecule has 1 aliphatic rings. The summed E-state index contributed by atoms with van der Waals surface area (Å²) >= 11 is 1.47. The molecule has 0 saturated heterocycles. The number of anilines is 1. The zero-order valence-electron chi connectivity index (χ0n) is 20.1. The van der Waals surface area contributed by atoms with E-state index in [2.05, 4.69) is 17.4 Å². The highest BCUT2D eigenvalue weighted by Gasteiger charge is 2.33. The average Bonchev–Trinajstić information content (AvgIpc) is 3.43. The topological polar surface area (TPSA) is 77.5 Å². The predicted molar refractivity (Wildman–Crippen MR) is 141 cm³/mol. The van der Waals surface area contributed by atoms with E-state index >= 15 is 0 Å². The number of nitrogens with one attached hydrogen (secondary N) is 1. The number of Topliss-reactive ketones (excluding diaryl/α,β-unsaturated/α-hetero) is 1. The SMILES string of the molecule is COc1cc2c(cc1OC)C(=O)[C@H](CC(=O)Nc1nc(-c3ccccc3)c(Cc3ccccc3)s1)C2. The molecule has 5 rings (SSSR count). The van der Waals surface area contributed by atoms with Crippen molar-refractivity contribution in [1.29, 1.82) is 0 Å². The molecule has 1 N–H and O–H groups in total. The molecule has 0 radical (unpaired) electrons. The minimum absolute atomic E-state index is 0.0463. The van der Waals surface area contributed by atoms with Crippen molar-refractivity contribution in [3.8, 4) is 22.8 Å². The Hall–Kier alpha value is -3.97. The van der Waals surface area contributed by atoms with Crippen molar-refractivity contribution in [1.82, 2.24) is 4.98 Å². The van der Waals surface area contributed by atoms with Gasteiger partial charge in [-0.05, 0) is 29.7 Å². The van der Waals surface area contributed by atoms with Crippen LogP contribution in [0.1, 0.15) is 32.8 Å². The number of methoxy groups -OCH3 is 2. The van der Waals surface area contributed by atoms with Crippen LogP contribution in [0.2, 0.25) is 0 Å². The molecule has 0 unspecified atom stereocenters. The molecule has 7 heteroatoms. The minimum Gasteiger partial charge on any atom is -0.493 e. The van der Waals surface area contributed by atoms with Gasteiger partial charge in [-0.25, -0.2) is 4.98 Å². The summed E-state index contributed by atoms with van der Waals surface area (Å²) in [6.07, 6.45) is 1.30. The first kappa shape index (κ1) is 23.8. The number of rotatable bonds is 8. The van der Waals surface area contributed by atoms with Gasteiger partial charge in [0.05, 0.1) is 19.9 Å². The van der Waals surface area contributed by atoms with Gasteiger partial charge in [-0.2, -0.15) is 0 Å². The molecule has 6 nitrogen and oxygen atoms in total. The Morgan fingerprint density at radius 1 is 1.00 bits per heavy atom. The van der Waals surface area contributed by atoms with Gasteiger partial charge in [0, 0.05) is 34.8 Å². The monoisotopic (exact) mass is 498 g/mol. The van der Waals surface area contributed by atoms with Gasteiger partial charge >= 0.3 is 0 Å². The van der Waals surface area contributed by atoms with Crippen molar-refractivity contribution in [2.45, 2.75) is 19.3 Å². The molecular weight excluding hydrogens is 472 g/mol. The van der Waals surface area contributed by atoms with E-state index in [0.29, 0.717) is 28.6 Å². The van der Waals surface area contributed by atoms with Crippen molar-refractivity contribution < 1.29 is 19.1 Å². The molecule has 182 valence electrons. The largest absolute Gasteiger partial charge is 0.493 e. The first-order chi connectivity index (χ1) is 17.6. The standard InChI is InChI=1S/C29H26N2O4S/c1-34-23-15-20-14-21(28(33)22(20)17-24(23)35-2)16-26(32)30-29-31-27(19-11-7-4-8-12-19)25(36-29)13-18-9-5-3-6-10-18/h3-12,15,17,21H,13-14,16H2,1-2H3,(H,30,31,32)/t21-/m0/s1. The quantitative estimate of drug-likeness (QED) is 0.332. The number of hydrogen-bond acceptors (Lipinski definition) is 6. The number of thiazole rings is 1. The predicted octanol–water partition coefficient (Wildman–Crippen LogP) is 5.80. The van der Waals surface area contributed by atoms with Crippen LogP contribution in [0.4, 0.5) is 5.13 Å². The van der Waals surface area contributed by atoms with Crippen molar-refractivity contribution in [2.75, 3.05) is 19.5 Å². The zero-order valence-corrected chi connectivity index (χ0v) is 20.9. The van der Waals surface area contributed by atoms with Crippen LogP contribution < -0.4 is 14.8 Å². The van der Waals surface area contributed by atoms with Crippen LogP contribution in [0.15, 0.2) is 72.8 Å². The molecule has 0 bridgehead atoms. The first-order valence-electron chi connectivity index (χ1n) is 11.7. The van der Waals surface area contributed by atoms with Crippen molar-refractivity contribution in [3.63, 3.8) is 0 Å². The third kappa shape index (κ3) is 4.88. The summed E-state index contributed by atoms with van der Waals surface area (Å²) < 4.78 is 10.7. The molecule has 0 aliphatic heterocycles. The molecule has 1 aromatic heterocycles. The van der Waals surface area contributed by atoms with Gasteiger partial charge in [-0.1, -0.05) is 60.7 Å². The number of amides is 1. The van der Waals surface area contributed by atoms with Gasteiger partial charge in [0.1, 0.15) is 0 Å². The van der Waals surface area contributed by atoms with E-state index in [1.165, 1.54) is 16.9 Å². The number of carbonyl (C=O) groups is 2. The number of fused-ring (bicyclic) bond motifs is 1. The van der Waals surface area contributed by atoms with Gasteiger partial charge in [-0.3, -0.25) is 9.59 Å². The van der Waals surface area contributed by atoms with Crippen LogP contribution >= 0.6 is 11.3 Å². The third-order valence-corrected chi connectivity index (χ3v) is 7.31. The number of aromatic nitrogens is 1. The van der Waals surface area contributed by atoms with Crippen molar-refractivity contribution >= 4 is 28.2 Å².